The summed E-state index contributed by atoms with van der Waals surface area (Å²) in [6.45, 7) is -2.97. The molecule has 9 rings (SSSR count). The Morgan fingerprint density at radius 2 is 1.09 bits per heavy atom. The van der Waals surface area contributed by atoms with Crippen LogP contribution in [0.5, 0.6) is 5.75 Å². The van der Waals surface area contributed by atoms with Gasteiger partial charge in [-0.3, -0.25) is 95.9 Å². The highest BCUT2D eigenvalue weighted by atomic mass is 32.2. The van der Waals surface area contributed by atoms with Gasteiger partial charge in [-0.1, -0.05) is 73.5 Å². The van der Waals surface area contributed by atoms with Gasteiger partial charge in [0, 0.05) is 125 Å². The van der Waals surface area contributed by atoms with Gasteiger partial charge in [0.2, 0.25) is 88.6 Å². The van der Waals surface area contributed by atoms with Gasteiger partial charge in [0.15, 0.2) is 5.78 Å². The number of hydrogen-bond donors (Lipinski definition) is 19. The van der Waals surface area contributed by atoms with Gasteiger partial charge < -0.3 is 129 Å². The number of carboxylic acids is 4. The molecule has 0 radical (unpaired) electrons. The number of ketones is 1. The molecule has 15 amide bonds. The lowest BCUT2D eigenvalue weighted by Gasteiger charge is -2.36. The van der Waals surface area contributed by atoms with Crippen molar-refractivity contribution in [2.24, 2.45) is 17.4 Å². The summed E-state index contributed by atoms with van der Waals surface area (Å²) in [6, 6.07) is -3.77. The summed E-state index contributed by atoms with van der Waals surface area (Å²) in [7, 11) is 3.64. The summed E-state index contributed by atoms with van der Waals surface area (Å²) in [4.78, 5) is 293. The van der Waals surface area contributed by atoms with Crippen LogP contribution in [0.1, 0.15) is 133 Å². The zero-order valence-electron chi connectivity index (χ0n) is 76.2. The molecule has 2 bridgehead atoms. The zero-order valence-corrected chi connectivity index (χ0v) is 77.1. The van der Waals surface area contributed by atoms with Crippen LogP contribution in [0.25, 0.3) is 21.8 Å². The highest BCUT2D eigenvalue weighted by Crippen LogP contribution is 2.31. The number of aliphatic carboxylic acids is 4. The molecule has 3 aromatic carbocycles. The molecule has 137 heavy (non-hydrogen) atoms. The molecule has 3 fully saturated rings. The van der Waals surface area contributed by atoms with Crippen molar-refractivity contribution in [3.63, 3.8) is 0 Å². The van der Waals surface area contributed by atoms with Gasteiger partial charge in [0.25, 0.3) is 0 Å². The molecule has 3 saturated heterocycles. The van der Waals surface area contributed by atoms with Gasteiger partial charge in [-0.15, -0.1) is 11.8 Å². The maximum absolute atomic E-state index is 15.9. The minimum atomic E-state index is -2.00. The highest BCUT2D eigenvalue weighted by molar-refractivity contribution is 8.00. The number of aromatic amines is 1. The average Bonchev–Trinajstić information content (AvgIpc) is 1.65. The van der Waals surface area contributed by atoms with E-state index in [0.717, 1.165) is 31.5 Å². The number of aliphatic hydroxyl groups is 2. The van der Waals surface area contributed by atoms with E-state index in [9.17, 15) is 98.1 Å². The Morgan fingerprint density at radius 1 is 0.526 bits per heavy atom. The summed E-state index contributed by atoms with van der Waals surface area (Å²) in [5.74, 6) is -25.7. The Balaban J connectivity index is 1.11. The summed E-state index contributed by atoms with van der Waals surface area (Å²) in [5, 5.41) is 96.4. The number of amides is 15. The van der Waals surface area contributed by atoms with Gasteiger partial charge in [0.05, 0.1) is 37.5 Å². The molecule has 5 aromatic rings. The van der Waals surface area contributed by atoms with Gasteiger partial charge in [-0.05, 0) is 119 Å². The normalized spacial score (nSPS) is 25.7. The number of likely N-dealkylation sites (N-methyl/N-ethyl adjacent to an activating group) is 3. The number of thioether (sulfide) groups is 1. The molecule has 0 unspecified atom stereocenters. The molecule has 4 aliphatic heterocycles. The van der Waals surface area contributed by atoms with E-state index in [1.807, 2.05) is 12.2 Å². The molecule has 45 nitrogen and oxygen atoms in total. The minimum Gasteiger partial charge on any atom is -0.508 e. The predicted molar refractivity (Wildman–Crippen MR) is 490 cm³/mol. The molecule has 46 heteroatoms. The number of para-hydroxylation sites is 2. The second kappa shape index (κ2) is 50.6. The van der Waals surface area contributed by atoms with Crippen LogP contribution in [0.3, 0.4) is 0 Å². The van der Waals surface area contributed by atoms with E-state index in [4.69, 9.17) is 11.5 Å². The van der Waals surface area contributed by atoms with E-state index >= 15 is 33.6 Å². The number of phenols is 1. The predicted octanol–water partition coefficient (Wildman–Crippen LogP) is -2.96. The van der Waals surface area contributed by atoms with Crippen LogP contribution in [-0.2, 0) is 122 Å². The second-order valence-corrected chi connectivity index (χ2v) is 35.5. The molecule has 2 aromatic heterocycles. The number of nitrogens with zero attached hydrogens (tertiary/aromatic N) is 6. The summed E-state index contributed by atoms with van der Waals surface area (Å²) in [6.07, 6.45) is 0.946. The molecule has 0 aliphatic carbocycles. The van der Waals surface area contributed by atoms with E-state index in [0.29, 0.717) is 70.4 Å². The first-order chi connectivity index (χ1) is 65.2. The molecule has 15 atom stereocenters. The summed E-state index contributed by atoms with van der Waals surface area (Å²) < 4.78 is 1.38. The van der Waals surface area contributed by atoms with Gasteiger partial charge in [0.1, 0.15) is 84.8 Å². The standard InChI is InChI=1S/C91H120N18O27S/c1-49-79(124)99-63(39-77(120)121)90(135)108-33-17-24-69(108)86(131)101-64(40-92)83(128)98-60(30-32-76(118)119)89(134)109-44-55(112)38-71(109)72(113)37-51(35-52-41-94-58-20-15-13-18-56(52)58)80(125)102-65(46-110)84(129)100-62(36-53-43-107(45-78(122)123)67-21-16-14-19-57(53)67)88(133)106(4)70-23-12-10-8-6-5-7-9-11-22-68(105(3)91(70)136)85(130)97-59(29-31-75(116)117)82(127)103-66(81(126)95-42-73(93)114)47-137-48-74(115)96-61(87(132)104(49)2)34-50-25-27-54(111)28-26-50/h5-6,13-16,18-21,25-28,41,43,49,51,55,59-66,68-71,94,110-112H,7-12,17,22-24,29-40,42,44-48,92H2,1-4H3,(H2,93,114)(H,95,126)(H,96,115)(H,97,130)(H,98,128)(H,99,124)(H,100,129)(H,101,131)(H,102,125)(H,103,127)(H,116,117)(H,118,119)(H,120,121)(H,122,123)/b6-5-/t49-,51+,55+,59-,60-,61-,62-,63-,64-,65-,66-,68-,69-,70-,71-/m0/s1. The van der Waals surface area contributed by atoms with Gasteiger partial charge in [-0.2, -0.15) is 0 Å². The Kier molecular flexibility index (Phi) is 39.5. The van der Waals surface area contributed by atoms with Crippen molar-refractivity contribution in [1.82, 2.24) is 81.9 Å². The molecule has 0 saturated carbocycles. The number of benzene rings is 3. The summed E-state index contributed by atoms with van der Waals surface area (Å²) in [5.41, 5.74) is 13.5. The number of nitrogens with one attached hydrogen (secondary N) is 10. The Morgan fingerprint density at radius 3 is 1.74 bits per heavy atom. The van der Waals surface area contributed by atoms with Crippen LogP contribution in [0, 0.1) is 5.92 Å². The van der Waals surface area contributed by atoms with E-state index in [-0.39, 0.29) is 69.2 Å². The first-order valence-electron chi connectivity index (χ1n) is 45.1. The van der Waals surface area contributed by atoms with E-state index < -0.39 is 304 Å². The van der Waals surface area contributed by atoms with E-state index in [1.54, 1.807) is 54.7 Å². The van der Waals surface area contributed by atoms with Gasteiger partial charge in [-0.25, -0.2) is 0 Å². The lowest BCUT2D eigenvalue weighted by molar-refractivity contribution is -0.149. The number of hydrogen-bond acceptors (Lipinski definition) is 25. The van der Waals surface area contributed by atoms with Crippen LogP contribution < -0.4 is 59.3 Å². The maximum atomic E-state index is 15.9. The Hall–Kier alpha value is -13.9. The third-order valence-corrected chi connectivity index (χ3v) is 25.7. The largest absolute Gasteiger partial charge is 0.508 e. The smallest absolute Gasteiger partial charge is 0.323 e. The average molecular weight is 1930 g/mol. The van der Waals surface area contributed by atoms with Crippen LogP contribution in [0.15, 0.2) is 97.3 Å². The van der Waals surface area contributed by atoms with Crippen molar-refractivity contribution in [1.29, 1.82) is 0 Å². The molecular formula is C91H120N18O27S. The number of phenolic OH excluding ortho intramolecular Hbond substituents is 1. The van der Waals surface area contributed by atoms with E-state index in [2.05, 4.69) is 52.8 Å². The van der Waals surface area contributed by atoms with Crippen LogP contribution in [-0.4, -0.2) is 338 Å². The molecule has 0 spiro atoms. The lowest BCUT2D eigenvalue weighted by atomic mass is 9.90. The quantitative estimate of drug-likeness (QED) is 0.0327. The second-order valence-electron chi connectivity index (χ2n) is 34.5. The number of aromatic hydroxyl groups is 1. The molecule has 4 aliphatic rings. The summed E-state index contributed by atoms with van der Waals surface area (Å²) >= 11 is 0.668. The van der Waals surface area contributed by atoms with Crippen LogP contribution in [0.4, 0.5) is 0 Å². The number of fused-ring (bicyclic) bond motifs is 7. The number of H-pyrrole nitrogens is 1. The number of rotatable bonds is 21. The van der Waals surface area contributed by atoms with Crippen LogP contribution in [0.2, 0.25) is 0 Å². The fourth-order valence-corrected chi connectivity index (χ4v) is 18.0. The SMILES string of the molecule is C[C@H]1C(=O)N[C@@H](CC(=O)O)C(=O)N2CCC[C@H]2C(=O)N[C@@H](CN)C(=O)N[C@@H](CCC(=O)O)C(=O)N2C[C@H](O)C[C@H]2C(=O)C[C@@H](Cc2c[nH]c3ccccc23)C(=O)N[C@@H](CO)C(=O)N[C@@H](Cc2cn(CC(=O)O)c3ccccc23)C(=O)N(C)[C@H]2CCCC/C=C\CCCC[C@@H](C(=O)N[C@@H](CCC(=O)O)C(=O)N[C@H](C(=O)NCC(N)=O)CSCC(=O)N[C@@H](Cc3ccc(O)cc3)C(=O)N1C)N(C)C2=O. The lowest BCUT2D eigenvalue weighted by Crippen LogP contribution is -2.61. The Bertz CT molecular complexity index is 5320. The molecular weight excluding hydrogens is 1810 g/mol. The number of allylic oxidation sites excluding steroid dienone is 2. The first kappa shape index (κ1) is 107. The minimum absolute atomic E-state index is 0.0840. The van der Waals surface area contributed by atoms with Crippen molar-refractivity contribution in [2.45, 2.75) is 227 Å². The fraction of sp³-hybridized carbons (Fsp3) is 0.516. The van der Waals surface area contributed by atoms with Crippen molar-refractivity contribution >= 4 is 152 Å². The maximum Gasteiger partial charge on any atom is 0.323 e. The number of aliphatic hydroxyl groups excluding tert-OH is 2. The number of Topliss-reactive ketones (excluding diaryl/α,β-unsaturated/α-hetero) is 1. The van der Waals surface area contributed by atoms with E-state index in [1.165, 1.54) is 56.0 Å². The van der Waals surface area contributed by atoms with Crippen molar-refractivity contribution < 1.29 is 132 Å². The van der Waals surface area contributed by atoms with Crippen molar-refractivity contribution in [3.8, 4) is 5.75 Å². The number of nitrogens with two attached hydrogens (primary N) is 2. The number of carbonyl (C=O) groups excluding carboxylic acids is 16. The van der Waals surface area contributed by atoms with Crippen molar-refractivity contribution in [2.75, 3.05) is 65.4 Å². The number of carbonyl (C=O) groups is 20. The van der Waals surface area contributed by atoms with Gasteiger partial charge >= 0.3 is 23.9 Å². The van der Waals surface area contributed by atoms with Crippen molar-refractivity contribution in [3.05, 3.63) is 114 Å². The molecule has 742 valence electrons. The third-order valence-electron chi connectivity index (χ3n) is 24.7. The Labute approximate surface area is 790 Å². The topological polar surface area (TPSA) is 680 Å². The highest BCUT2D eigenvalue weighted by Gasteiger charge is 2.47. The number of carboxylic acid groups (broad SMARTS) is 4. The first-order valence-corrected chi connectivity index (χ1v) is 46.2. The zero-order chi connectivity index (χ0) is 100. The van der Waals surface area contributed by atoms with Crippen LogP contribution >= 0.6 is 11.8 Å². The fourth-order valence-electron chi connectivity index (χ4n) is 17.1. The molecule has 21 N–H and O–H groups in total. The third kappa shape index (κ3) is 29.8. The molecule has 6 heterocycles. The number of primary amides is 1. The number of aromatic nitrogens is 2. The monoisotopic (exact) mass is 1930 g/mol.